The first-order chi connectivity index (χ1) is 7.66. The number of rotatable bonds is 2. The lowest BCUT2D eigenvalue weighted by Crippen LogP contribution is -2.10. The SMILES string of the molecule is O=C(Nc1cnc(Cl)c(Br)c1)c1cncs1. The fraction of sp³-hybridized carbons (Fsp3) is 0. The van der Waals surface area contributed by atoms with Gasteiger partial charge in [-0.1, -0.05) is 11.6 Å². The lowest BCUT2D eigenvalue weighted by Gasteiger charge is -2.03. The number of carbonyl (C=O) groups is 1. The van der Waals surface area contributed by atoms with Crippen LogP contribution in [0.2, 0.25) is 5.15 Å². The summed E-state index contributed by atoms with van der Waals surface area (Å²) >= 11 is 10.2. The first-order valence-electron chi connectivity index (χ1n) is 4.17. The van der Waals surface area contributed by atoms with Crippen LogP contribution in [-0.2, 0) is 0 Å². The minimum atomic E-state index is -0.210. The molecule has 0 aromatic carbocycles. The van der Waals surface area contributed by atoms with Crippen molar-refractivity contribution in [1.82, 2.24) is 9.97 Å². The summed E-state index contributed by atoms with van der Waals surface area (Å²) in [6.45, 7) is 0. The van der Waals surface area contributed by atoms with Crippen molar-refractivity contribution in [3.05, 3.63) is 38.5 Å². The summed E-state index contributed by atoms with van der Waals surface area (Å²) in [7, 11) is 0. The van der Waals surface area contributed by atoms with E-state index >= 15 is 0 Å². The molecular weight excluding hydrogens is 314 g/mol. The van der Waals surface area contributed by atoms with Crippen LogP contribution in [0.1, 0.15) is 9.67 Å². The third-order valence-corrected chi connectivity index (χ3v) is 3.62. The van der Waals surface area contributed by atoms with Gasteiger partial charge in [0.05, 0.1) is 28.1 Å². The molecule has 0 spiro atoms. The molecule has 2 aromatic heterocycles. The summed E-state index contributed by atoms with van der Waals surface area (Å²) in [5.41, 5.74) is 2.18. The molecule has 7 heteroatoms. The number of anilines is 1. The maximum Gasteiger partial charge on any atom is 0.267 e. The second-order valence-electron chi connectivity index (χ2n) is 2.82. The summed E-state index contributed by atoms with van der Waals surface area (Å²) < 4.78 is 0.635. The van der Waals surface area contributed by atoms with E-state index in [-0.39, 0.29) is 5.91 Å². The number of amides is 1. The molecule has 0 aliphatic heterocycles. The van der Waals surface area contributed by atoms with Crippen LogP contribution in [0, 0.1) is 0 Å². The predicted molar refractivity (Wildman–Crippen MR) is 67.0 cm³/mol. The second-order valence-corrected chi connectivity index (χ2v) is 4.92. The molecule has 1 N–H and O–H groups in total. The third kappa shape index (κ3) is 2.58. The fourth-order valence-electron chi connectivity index (χ4n) is 1.01. The van der Waals surface area contributed by atoms with Crippen molar-refractivity contribution in [2.75, 3.05) is 5.32 Å². The molecule has 2 heterocycles. The molecule has 0 bridgehead atoms. The van der Waals surface area contributed by atoms with Crippen molar-refractivity contribution >= 4 is 50.5 Å². The molecule has 2 aromatic rings. The lowest BCUT2D eigenvalue weighted by molar-refractivity contribution is 0.103. The molecule has 0 aliphatic carbocycles. The van der Waals surface area contributed by atoms with Gasteiger partial charge in [0.2, 0.25) is 0 Å². The molecule has 0 unspecified atom stereocenters. The highest BCUT2D eigenvalue weighted by Gasteiger charge is 2.08. The minimum absolute atomic E-state index is 0.210. The van der Waals surface area contributed by atoms with Gasteiger partial charge in [-0.05, 0) is 22.0 Å². The van der Waals surface area contributed by atoms with Crippen molar-refractivity contribution < 1.29 is 4.79 Å². The van der Waals surface area contributed by atoms with Gasteiger partial charge < -0.3 is 5.32 Å². The zero-order valence-corrected chi connectivity index (χ0v) is 10.9. The Morgan fingerprint density at radius 3 is 2.94 bits per heavy atom. The largest absolute Gasteiger partial charge is 0.320 e. The molecule has 0 saturated carbocycles. The number of nitrogens with zero attached hydrogens (tertiary/aromatic N) is 2. The normalized spacial score (nSPS) is 10.1. The van der Waals surface area contributed by atoms with Crippen LogP contribution in [0.3, 0.4) is 0 Å². The fourth-order valence-corrected chi connectivity index (χ4v) is 1.98. The molecular formula is C9H5BrClN3OS. The smallest absolute Gasteiger partial charge is 0.267 e. The zero-order chi connectivity index (χ0) is 11.5. The van der Waals surface area contributed by atoms with E-state index in [9.17, 15) is 4.79 Å². The molecule has 0 saturated heterocycles. The predicted octanol–water partition coefficient (Wildman–Crippen LogP) is 3.21. The number of halogens is 2. The number of hydrogen-bond donors (Lipinski definition) is 1. The Kier molecular flexibility index (Phi) is 3.52. The van der Waals surface area contributed by atoms with E-state index in [0.29, 0.717) is 20.2 Å². The van der Waals surface area contributed by atoms with Crippen LogP contribution in [-0.4, -0.2) is 15.9 Å². The first-order valence-corrected chi connectivity index (χ1v) is 6.23. The van der Waals surface area contributed by atoms with E-state index in [0.717, 1.165) is 0 Å². The highest BCUT2D eigenvalue weighted by atomic mass is 79.9. The average molecular weight is 319 g/mol. The maximum atomic E-state index is 11.7. The van der Waals surface area contributed by atoms with Gasteiger partial charge in [-0.15, -0.1) is 11.3 Å². The molecule has 1 amide bonds. The van der Waals surface area contributed by atoms with Crippen molar-refractivity contribution in [3.63, 3.8) is 0 Å². The topological polar surface area (TPSA) is 54.9 Å². The van der Waals surface area contributed by atoms with Crippen LogP contribution in [0.4, 0.5) is 5.69 Å². The molecule has 0 atom stereocenters. The first kappa shape index (κ1) is 11.5. The van der Waals surface area contributed by atoms with Gasteiger partial charge >= 0.3 is 0 Å². The third-order valence-electron chi connectivity index (χ3n) is 1.71. The number of pyridine rings is 1. The standard InChI is InChI=1S/C9H5BrClN3OS/c10-6-1-5(2-13-8(6)11)14-9(15)7-3-12-4-16-7/h1-4H,(H,14,15). The van der Waals surface area contributed by atoms with E-state index in [1.54, 1.807) is 11.6 Å². The number of carbonyl (C=O) groups excluding carboxylic acids is 1. The summed E-state index contributed by atoms with van der Waals surface area (Å²) in [5, 5.41) is 3.05. The number of aromatic nitrogens is 2. The minimum Gasteiger partial charge on any atom is -0.320 e. The highest BCUT2D eigenvalue weighted by molar-refractivity contribution is 9.10. The van der Waals surface area contributed by atoms with E-state index in [1.807, 2.05) is 0 Å². The quantitative estimate of drug-likeness (QED) is 0.865. The molecule has 0 fully saturated rings. The van der Waals surface area contributed by atoms with Crippen LogP contribution in [0.25, 0.3) is 0 Å². The van der Waals surface area contributed by atoms with Gasteiger partial charge in [0, 0.05) is 0 Å². The Hall–Kier alpha value is -0.980. The van der Waals surface area contributed by atoms with Gasteiger partial charge in [-0.3, -0.25) is 9.78 Å². The van der Waals surface area contributed by atoms with Crippen molar-refractivity contribution in [2.24, 2.45) is 0 Å². The molecule has 0 aliphatic rings. The summed E-state index contributed by atoms with van der Waals surface area (Å²) in [4.78, 5) is 19.9. The second kappa shape index (κ2) is 4.90. The number of nitrogens with one attached hydrogen (secondary N) is 1. The zero-order valence-electron chi connectivity index (χ0n) is 7.78. The Morgan fingerprint density at radius 2 is 2.31 bits per heavy atom. The summed E-state index contributed by atoms with van der Waals surface area (Å²) in [6.07, 6.45) is 3.00. The monoisotopic (exact) mass is 317 g/mol. The molecule has 16 heavy (non-hydrogen) atoms. The van der Waals surface area contributed by atoms with Gasteiger partial charge in [-0.2, -0.15) is 0 Å². The molecule has 82 valence electrons. The van der Waals surface area contributed by atoms with Crippen LogP contribution < -0.4 is 5.32 Å². The Morgan fingerprint density at radius 1 is 1.50 bits per heavy atom. The van der Waals surface area contributed by atoms with E-state index in [4.69, 9.17) is 11.6 Å². The van der Waals surface area contributed by atoms with Crippen molar-refractivity contribution in [2.45, 2.75) is 0 Å². The Bertz CT molecular complexity index is 517. The molecule has 2 rings (SSSR count). The van der Waals surface area contributed by atoms with Gasteiger partial charge in [-0.25, -0.2) is 4.98 Å². The maximum absolute atomic E-state index is 11.7. The van der Waals surface area contributed by atoms with Crippen molar-refractivity contribution in [1.29, 1.82) is 0 Å². The highest BCUT2D eigenvalue weighted by Crippen LogP contribution is 2.23. The van der Waals surface area contributed by atoms with Crippen molar-refractivity contribution in [3.8, 4) is 0 Å². The Labute approximate surface area is 109 Å². The van der Waals surface area contributed by atoms with E-state index in [1.165, 1.54) is 23.7 Å². The van der Waals surface area contributed by atoms with E-state index < -0.39 is 0 Å². The van der Waals surface area contributed by atoms with Crippen LogP contribution in [0.15, 0.2) is 28.4 Å². The van der Waals surface area contributed by atoms with Gasteiger partial charge in [0.25, 0.3) is 5.91 Å². The van der Waals surface area contributed by atoms with Gasteiger partial charge in [0.15, 0.2) is 0 Å². The summed E-state index contributed by atoms with van der Waals surface area (Å²) in [6, 6.07) is 1.69. The van der Waals surface area contributed by atoms with E-state index in [2.05, 4.69) is 31.2 Å². The molecule has 4 nitrogen and oxygen atoms in total. The lowest BCUT2D eigenvalue weighted by atomic mass is 10.4. The molecule has 0 radical (unpaired) electrons. The number of thiazole rings is 1. The average Bonchev–Trinajstić information content (AvgIpc) is 2.77. The Balaban J connectivity index is 2.15. The van der Waals surface area contributed by atoms with Gasteiger partial charge in [0.1, 0.15) is 10.0 Å². The summed E-state index contributed by atoms with van der Waals surface area (Å²) in [5.74, 6) is -0.210. The van der Waals surface area contributed by atoms with Crippen LogP contribution >= 0.6 is 38.9 Å². The number of hydrogen-bond acceptors (Lipinski definition) is 4. The van der Waals surface area contributed by atoms with Crippen LogP contribution in [0.5, 0.6) is 0 Å².